The molecule has 0 aliphatic carbocycles. The van der Waals surface area contributed by atoms with Crippen LogP contribution in [0.3, 0.4) is 0 Å². The van der Waals surface area contributed by atoms with E-state index in [0.29, 0.717) is 6.04 Å². The van der Waals surface area contributed by atoms with Gasteiger partial charge in [-0.05, 0) is 24.9 Å². The molecule has 1 aliphatic heterocycles. The number of nitrogens with zero attached hydrogens (tertiary/aromatic N) is 2. The van der Waals surface area contributed by atoms with E-state index in [1.165, 1.54) is 29.8 Å². The van der Waals surface area contributed by atoms with Gasteiger partial charge in [0, 0.05) is 42.2 Å². The zero-order chi connectivity index (χ0) is 12.4. The second-order valence-corrected chi connectivity index (χ2v) is 5.57. The number of hydrogen-bond acceptors (Lipinski definition) is 4. The number of thiophene rings is 1. The van der Waals surface area contributed by atoms with Gasteiger partial charge in [0.25, 0.3) is 0 Å². The molecular formula is C13H19ClN4S. The number of aromatic nitrogens is 2. The van der Waals surface area contributed by atoms with E-state index < -0.39 is 0 Å². The number of likely N-dealkylation sites (N-methyl/N-ethyl adjacent to an activating group) is 1. The molecule has 1 aliphatic rings. The van der Waals surface area contributed by atoms with E-state index in [9.17, 15) is 0 Å². The average Bonchev–Trinajstić information content (AvgIpc) is 3.09. The van der Waals surface area contributed by atoms with E-state index in [-0.39, 0.29) is 12.4 Å². The molecule has 2 aromatic rings. The molecule has 1 fully saturated rings. The summed E-state index contributed by atoms with van der Waals surface area (Å²) in [4.78, 5) is 2.49. The second kappa shape index (κ2) is 6.52. The van der Waals surface area contributed by atoms with E-state index in [1.54, 1.807) is 11.3 Å². The molecule has 2 N–H and O–H groups in total. The van der Waals surface area contributed by atoms with Crippen LogP contribution in [0.4, 0.5) is 0 Å². The van der Waals surface area contributed by atoms with Crippen molar-refractivity contribution < 1.29 is 0 Å². The minimum Gasteiger partial charge on any atom is -0.316 e. The van der Waals surface area contributed by atoms with E-state index in [0.717, 1.165) is 13.1 Å². The number of rotatable bonds is 4. The van der Waals surface area contributed by atoms with E-state index in [4.69, 9.17) is 0 Å². The lowest BCUT2D eigenvalue weighted by atomic mass is 10.1. The van der Waals surface area contributed by atoms with Gasteiger partial charge in [-0.15, -0.1) is 12.4 Å². The maximum absolute atomic E-state index is 4.20. The van der Waals surface area contributed by atoms with Crippen LogP contribution in [-0.2, 0) is 6.54 Å². The standard InChI is InChI=1S/C13H18N4S.ClH/c1-14-12-2-4-17(8-12)7-11-6-15-16-13(11)10-3-5-18-9-10;/h3,5-6,9,12,14H,2,4,7-8H2,1H3,(H,15,16);1H. The van der Waals surface area contributed by atoms with Crippen molar-refractivity contribution in [1.82, 2.24) is 20.4 Å². The monoisotopic (exact) mass is 298 g/mol. The van der Waals surface area contributed by atoms with Crippen LogP contribution in [0.25, 0.3) is 11.3 Å². The first-order valence-corrected chi connectivity index (χ1v) is 7.25. The zero-order valence-electron chi connectivity index (χ0n) is 10.9. The first kappa shape index (κ1) is 14.5. The van der Waals surface area contributed by atoms with Crippen molar-refractivity contribution in [3.8, 4) is 11.3 Å². The van der Waals surface area contributed by atoms with Gasteiger partial charge >= 0.3 is 0 Å². The van der Waals surface area contributed by atoms with Crippen molar-refractivity contribution >= 4 is 23.7 Å². The summed E-state index contributed by atoms with van der Waals surface area (Å²) in [5, 5.41) is 14.9. The van der Waals surface area contributed by atoms with Crippen LogP contribution >= 0.6 is 23.7 Å². The van der Waals surface area contributed by atoms with Crippen molar-refractivity contribution in [2.45, 2.75) is 19.0 Å². The SMILES string of the molecule is CNC1CCN(Cc2cn[nH]c2-c2ccsc2)C1.Cl. The van der Waals surface area contributed by atoms with Crippen molar-refractivity contribution in [1.29, 1.82) is 0 Å². The third kappa shape index (κ3) is 3.17. The van der Waals surface area contributed by atoms with Gasteiger partial charge in [0.05, 0.1) is 11.9 Å². The summed E-state index contributed by atoms with van der Waals surface area (Å²) >= 11 is 1.72. The maximum Gasteiger partial charge on any atom is 0.0703 e. The van der Waals surface area contributed by atoms with Crippen LogP contribution in [0, 0.1) is 0 Å². The molecule has 6 heteroatoms. The van der Waals surface area contributed by atoms with Gasteiger partial charge in [0.1, 0.15) is 0 Å². The van der Waals surface area contributed by atoms with Crippen LogP contribution in [0.5, 0.6) is 0 Å². The van der Waals surface area contributed by atoms with Crippen LogP contribution in [0.1, 0.15) is 12.0 Å². The Labute approximate surface area is 123 Å². The van der Waals surface area contributed by atoms with Crippen LogP contribution in [0.2, 0.25) is 0 Å². The molecule has 104 valence electrons. The van der Waals surface area contributed by atoms with Crippen LogP contribution < -0.4 is 5.32 Å². The Bertz CT molecular complexity index is 496. The number of halogens is 1. The van der Waals surface area contributed by atoms with Gasteiger partial charge in [-0.1, -0.05) is 0 Å². The molecular weight excluding hydrogens is 280 g/mol. The first-order valence-electron chi connectivity index (χ1n) is 6.31. The third-order valence-electron chi connectivity index (χ3n) is 3.60. The number of nitrogens with one attached hydrogen (secondary N) is 2. The Hall–Kier alpha value is -0.880. The molecule has 0 radical (unpaired) electrons. The minimum atomic E-state index is 0. The van der Waals surface area contributed by atoms with Crippen LogP contribution in [0.15, 0.2) is 23.0 Å². The molecule has 0 saturated carbocycles. The highest BCUT2D eigenvalue weighted by atomic mass is 35.5. The second-order valence-electron chi connectivity index (χ2n) is 4.79. The minimum absolute atomic E-state index is 0. The lowest BCUT2D eigenvalue weighted by Crippen LogP contribution is -2.29. The quantitative estimate of drug-likeness (QED) is 0.911. The van der Waals surface area contributed by atoms with E-state index in [1.807, 2.05) is 13.2 Å². The maximum atomic E-state index is 4.20. The fourth-order valence-corrected chi connectivity index (χ4v) is 3.19. The summed E-state index contributed by atoms with van der Waals surface area (Å²) in [7, 11) is 2.04. The summed E-state index contributed by atoms with van der Waals surface area (Å²) in [5.74, 6) is 0. The third-order valence-corrected chi connectivity index (χ3v) is 4.29. The molecule has 0 amide bonds. The lowest BCUT2D eigenvalue weighted by molar-refractivity contribution is 0.323. The van der Waals surface area contributed by atoms with Crippen molar-refractivity contribution in [3.05, 3.63) is 28.6 Å². The summed E-state index contributed by atoms with van der Waals surface area (Å²) in [6.07, 6.45) is 3.20. The molecule has 1 saturated heterocycles. The average molecular weight is 299 g/mol. The Morgan fingerprint density at radius 2 is 2.47 bits per heavy atom. The Morgan fingerprint density at radius 1 is 1.58 bits per heavy atom. The lowest BCUT2D eigenvalue weighted by Gasteiger charge is -2.15. The molecule has 1 unspecified atom stereocenters. The van der Waals surface area contributed by atoms with Gasteiger partial charge in [-0.3, -0.25) is 10.00 Å². The number of hydrogen-bond donors (Lipinski definition) is 2. The summed E-state index contributed by atoms with van der Waals surface area (Å²) < 4.78 is 0. The molecule has 0 aromatic carbocycles. The first-order chi connectivity index (χ1) is 8.86. The van der Waals surface area contributed by atoms with Crippen molar-refractivity contribution in [3.63, 3.8) is 0 Å². The van der Waals surface area contributed by atoms with Gasteiger partial charge in [-0.2, -0.15) is 16.4 Å². The van der Waals surface area contributed by atoms with Gasteiger partial charge in [-0.25, -0.2) is 0 Å². The van der Waals surface area contributed by atoms with E-state index in [2.05, 4.69) is 37.2 Å². The summed E-state index contributed by atoms with van der Waals surface area (Å²) in [5.41, 5.74) is 3.71. The molecule has 3 heterocycles. The normalized spacial score (nSPS) is 19.5. The van der Waals surface area contributed by atoms with E-state index >= 15 is 0 Å². The Kier molecular flexibility index (Phi) is 4.99. The zero-order valence-corrected chi connectivity index (χ0v) is 12.6. The molecule has 0 spiro atoms. The predicted molar refractivity (Wildman–Crippen MR) is 81.9 cm³/mol. The topological polar surface area (TPSA) is 44.0 Å². The number of aromatic amines is 1. The Balaban J connectivity index is 0.00000133. The summed E-state index contributed by atoms with van der Waals surface area (Å²) in [6, 6.07) is 2.78. The fraction of sp³-hybridized carbons (Fsp3) is 0.462. The number of H-pyrrole nitrogens is 1. The van der Waals surface area contributed by atoms with Crippen molar-refractivity contribution in [2.75, 3.05) is 20.1 Å². The van der Waals surface area contributed by atoms with Gasteiger partial charge in [0.15, 0.2) is 0 Å². The molecule has 4 nitrogen and oxygen atoms in total. The molecule has 2 aromatic heterocycles. The molecule has 3 rings (SSSR count). The van der Waals surface area contributed by atoms with Crippen molar-refractivity contribution in [2.24, 2.45) is 0 Å². The summed E-state index contributed by atoms with van der Waals surface area (Å²) in [6.45, 7) is 3.28. The van der Waals surface area contributed by atoms with Gasteiger partial charge in [0.2, 0.25) is 0 Å². The highest BCUT2D eigenvalue weighted by molar-refractivity contribution is 7.08. The largest absolute Gasteiger partial charge is 0.316 e. The molecule has 19 heavy (non-hydrogen) atoms. The predicted octanol–water partition coefficient (Wildman–Crippen LogP) is 2.35. The van der Waals surface area contributed by atoms with Crippen LogP contribution in [-0.4, -0.2) is 41.3 Å². The molecule has 1 atom stereocenters. The Morgan fingerprint density at radius 3 is 3.16 bits per heavy atom. The highest BCUT2D eigenvalue weighted by Crippen LogP contribution is 2.25. The smallest absolute Gasteiger partial charge is 0.0703 e. The molecule has 0 bridgehead atoms. The highest BCUT2D eigenvalue weighted by Gasteiger charge is 2.22. The number of likely N-dealkylation sites (tertiary alicyclic amines) is 1. The van der Waals surface area contributed by atoms with Gasteiger partial charge < -0.3 is 5.32 Å². The fourth-order valence-electron chi connectivity index (χ4n) is 2.54.